The van der Waals surface area contributed by atoms with E-state index >= 15 is 0 Å². The Balaban J connectivity index is 2.04. The average Bonchev–Trinajstić information content (AvgIpc) is 2.85. The van der Waals surface area contributed by atoms with Gasteiger partial charge in [-0.25, -0.2) is 0 Å². The molecular formula is C19H17ClN4. The summed E-state index contributed by atoms with van der Waals surface area (Å²) in [6.45, 7) is 4.55. The van der Waals surface area contributed by atoms with Gasteiger partial charge in [0.25, 0.3) is 0 Å². The van der Waals surface area contributed by atoms with Crippen LogP contribution in [0.3, 0.4) is 0 Å². The van der Waals surface area contributed by atoms with Gasteiger partial charge in [-0.3, -0.25) is 4.68 Å². The van der Waals surface area contributed by atoms with Crippen LogP contribution in [0.25, 0.3) is 11.1 Å². The molecule has 3 rings (SSSR count). The highest BCUT2D eigenvalue weighted by atomic mass is 35.5. The molecule has 0 aliphatic heterocycles. The molecule has 1 aromatic heterocycles. The molecule has 0 radical (unpaired) electrons. The van der Waals surface area contributed by atoms with E-state index in [9.17, 15) is 5.26 Å². The van der Waals surface area contributed by atoms with E-state index in [1.54, 1.807) is 6.07 Å². The van der Waals surface area contributed by atoms with Gasteiger partial charge in [-0.1, -0.05) is 35.9 Å². The molecule has 2 aromatic carbocycles. The number of benzene rings is 2. The summed E-state index contributed by atoms with van der Waals surface area (Å²) in [7, 11) is 0. The number of nitrogens with zero attached hydrogens (tertiary/aromatic N) is 3. The van der Waals surface area contributed by atoms with Gasteiger partial charge in [-0.05, 0) is 43.2 Å². The first-order valence-electron chi connectivity index (χ1n) is 7.58. The summed E-state index contributed by atoms with van der Waals surface area (Å²) in [4.78, 5) is 0. The summed E-state index contributed by atoms with van der Waals surface area (Å²) in [6, 6.07) is 15.4. The Morgan fingerprint density at radius 3 is 2.67 bits per heavy atom. The summed E-state index contributed by atoms with van der Waals surface area (Å²) in [5, 5.41) is 14.4. The molecule has 0 amide bonds. The fourth-order valence-corrected chi connectivity index (χ4v) is 3.06. The first-order valence-corrected chi connectivity index (χ1v) is 7.96. The van der Waals surface area contributed by atoms with E-state index in [0.29, 0.717) is 22.8 Å². The molecule has 0 saturated carbocycles. The molecule has 0 spiro atoms. The lowest BCUT2D eigenvalue weighted by Gasteiger charge is -2.08. The van der Waals surface area contributed by atoms with Gasteiger partial charge < -0.3 is 5.73 Å². The molecule has 0 aliphatic carbocycles. The van der Waals surface area contributed by atoms with Gasteiger partial charge in [-0.15, -0.1) is 0 Å². The minimum atomic E-state index is 0.536. The number of hydrogen-bond acceptors (Lipinski definition) is 3. The van der Waals surface area contributed by atoms with Crippen LogP contribution in [-0.4, -0.2) is 9.78 Å². The van der Waals surface area contributed by atoms with E-state index in [0.717, 1.165) is 28.1 Å². The summed E-state index contributed by atoms with van der Waals surface area (Å²) < 4.78 is 1.92. The van der Waals surface area contributed by atoms with Crippen molar-refractivity contribution in [3.8, 4) is 17.2 Å². The van der Waals surface area contributed by atoms with Gasteiger partial charge in [0.15, 0.2) is 0 Å². The molecule has 1 heterocycles. The van der Waals surface area contributed by atoms with Crippen LogP contribution in [0.1, 0.15) is 22.5 Å². The lowest BCUT2D eigenvalue weighted by Crippen LogP contribution is -2.05. The molecule has 4 nitrogen and oxygen atoms in total. The third-order valence-corrected chi connectivity index (χ3v) is 4.46. The van der Waals surface area contributed by atoms with Crippen LogP contribution < -0.4 is 5.73 Å². The average molecular weight is 337 g/mol. The molecule has 3 aromatic rings. The van der Waals surface area contributed by atoms with Crippen molar-refractivity contribution in [2.75, 3.05) is 5.73 Å². The van der Waals surface area contributed by atoms with E-state index in [-0.39, 0.29) is 0 Å². The molecule has 0 saturated heterocycles. The maximum atomic E-state index is 9.25. The minimum Gasteiger partial charge on any atom is -0.398 e. The predicted octanol–water partition coefficient (Wildman–Crippen LogP) is 4.32. The van der Waals surface area contributed by atoms with Gasteiger partial charge in [0.1, 0.15) is 0 Å². The highest BCUT2D eigenvalue weighted by Gasteiger charge is 2.15. The summed E-state index contributed by atoms with van der Waals surface area (Å²) in [5.74, 6) is 0. The standard InChI is InChI=1S/C19H17ClN4/c1-12-19(14-7-8-18(22)17(20)9-14)13(2)24(23-12)11-16-6-4-3-5-15(16)10-21/h3-9H,11,22H2,1-2H3. The van der Waals surface area contributed by atoms with Gasteiger partial charge in [-0.2, -0.15) is 10.4 Å². The zero-order chi connectivity index (χ0) is 17.3. The second kappa shape index (κ2) is 6.38. The lowest BCUT2D eigenvalue weighted by atomic mass is 10.0. The lowest BCUT2D eigenvalue weighted by molar-refractivity contribution is 0.658. The first-order chi connectivity index (χ1) is 11.5. The number of aryl methyl sites for hydroxylation is 1. The molecule has 24 heavy (non-hydrogen) atoms. The van der Waals surface area contributed by atoms with E-state index in [1.807, 2.05) is 54.9 Å². The maximum absolute atomic E-state index is 9.25. The van der Waals surface area contributed by atoms with Crippen molar-refractivity contribution in [3.63, 3.8) is 0 Å². The molecule has 0 atom stereocenters. The number of rotatable bonds is 3. The fourth-order valence-electron chi connectivity index (χ4n) is 2.88. The number of aromatic nitrogens is 2. The molecule has 0 bridgehead atoms. The third kappa shape index (κ3) is 2.86. The smallest absolute Gasteiger partial charge is 0.0995 e. The SMILES string of the molecule is Cc1nn(Cc2ccccc2C#N)c(C)c1-c1ccc(N)c(Cl)c1. The number of anilines is 1. The number of nitriles is 1. The van der Waals surface area contributed by atoms with Crippen molar-refractivity contribution >= 4 is 17.3 Å². The van der Waals surface area contributed by atoms with Crippen molar-refractivity contribution < 1.29 is 0 Å². The normalized spacial score (nSPS) is 10.6. The van der Waals surface area contributed by atoms with E-state index < -0.39 is 0 Å². The first kappa shape index (κ1) is 16.1. The number of nitrogens with two attached hydrogens (primary N) is 1. The Labute approximate surface area is 146 Å². The maximum Gasteiger partial charge on any atom is 0.0995 e. The molecular weight excluding hydrogens is 320 g/mol. The number of nitrogen functional groups attached to an aromatic ring is 1. The quantitative estimate of drug-likeness (QED) is 0.724. The van der Waals surface area contributed by atoms with Crippen LogP contribution in [0.2, 0.25) is 5.02 Å². The van der Waals surface area contributed by atoms with Crippen molar-refractivity contribution in [3.05, 3.63) is 70.0 Å². The van der Waals surface area contributed by atoms with E-state index in [1.165, 1.54) is 0 Å². The molecule has 5 heteroatoms. The summed E-state index contributed by atoms with van der Waals surface area (Å²) in [5.41, 5.74) is 12.0. The zero-order valence-electron chi connectivity index (χ0n) is 13.5. The van der Waals surface area contributed by atoms with Crippen LogP contribution >= 0.6 is 11.6 Å². The predicted molar refractivity (Wildman–Crippen MR) is 96.8 cm³/mol. The Bertz CT molecular complexity index is 950. The topological polar surface area (TPSA) is 67.6 Å². The second-order valence-electron chi connectivity index (χ2n) is 5.71. The van der Waals surface area contributed by atoms with Crippen LogP contribution in [0, 0.1) is 25.2 Å². The van der Waals surface area contributed by atoms with E-state index in [2.05, 4.69) is 11.2 Å². The molecule has 120 valence electrons. The highest BCUT2D eigenvalue weighted by Crippen LogP contribution is 2.31. The third-order valence-electron chi connectivity index (χ3n) is 4.13. The Morgan fingerprint density at radius 1 is 1.21 bits per heavy atom. The Hall–Kier alpha value is -2.77. The van der Waals surface area contributed by atoms with Gasteiger partial charge in [0, 0.05) is 11.3 Å². The van der Waals surface area contributed by atoms with Crippen LogP contribution in [0.15, 0.2) is 42.5 Å². The Kier molecular flexibility index (Phi) is 4.28. The van der Waals surface area contributed by atoms with Gasteiger partial charge >= 0.3 is 0 Å². The summed E-state index contributed by atoms with van der Waals surface area (Å²) >= 11 is 6.16. The van der Waals surface area contributed by atoms with Crippen molar-refractivity contribution in [2.45, 2.75) is 20.4 Å². The molecule has 2 N–H and O–H groups in total. The minimum absolute atomic E-state index is 0.536. The fraction of sp³-hybridized carbons (Fsp3) is 0.158. The van der Waals surface area contributed by atoms with Crippen molar-refractivity contribution in [1.82, 2.24) is 9.78 Å². The van der Waals surface area contributed by atoms with Crippen molar-refractivity contribution in [2.24, 2.45) is 0 Å². The molecule has 0 fully saturated rings. The highest BCUT2D eigenvalue weighted by molar-refractivity contribution is 6.33. The van der Waals surface area contributed by atoms with E-state index in [4.69, 9.17) is 17.3 Å². The van der Waals surface area contributed by atoms with Gasteiger partial charge in [0.2, 0.25) is 0 Å². The summed E-state index contributed by atoms with van der Waals surface area (Å²) in [6.07, 6.45) is 0. The molecule has 0 unspecified atom stereocenters. The Morgan fingerprint density at radius 2 is 1.96 bits per heavy atom. The van der Waals surface area contributed by atoms with Crippen LogP contribution in [0.5, 0.6) is 0 Å². The van der Waals surface area contributed by atoms with Crippen molar-refractivity contribution in [1.29, 1.82) is 5.26 Å². The molecule has 0 aliphatic rings. The second-order valence-corrected chi connectivity index (χ2v) is 6.12. The number of halogens is 1. The van der Waals surface area contributed by atoms with Crippen LogP contribution in [-0.2, 0) is 6.54 Å². The largest absolute Gasteiger partial charge is 0.398 e. The number of hydrogen-bond donors (Lipinski definition) is 1. The zero-order valence-corrected chi connectivity index (χ0v) is 14.3. The monoisotopic (exact) mass is 336 g/mol. The van der Waals surface area contributed by atoms with Gasteiger partial charge in [0.05, 0.1) is 34.6 Å². The van der Waals surface area contributed by atoms with Crippen LogP contribution in [0.4, 0.5) is 5.69 Å².